The molecule has 3 heterocycles. The van der Waals surface area contributed by atoms with Crippen molar-refractivity contribution in [3.05, 3.63) is 0 Å². The van der Waals surface area contributed by atoms with E-state index in [0.29, 0.717) is 51.4 Å². The van der Waals surface area contributed by atoms with Gasteiger partial charge in [-0.2, -0.15) is 0 Å². The molecule has 0 aromatic heterocycles. The van der Waals surface area contributed by atoms with E-state index in [4.69, 9.17) is 51.7 Å². The molecule has 33 nitrogen and oxygen atoms in total. The van der Waals surface area contributed by atoms with Crippen LogP contribution in [0.25, 0.3) is 0 Å². The zero-order chi connectivity index (χ0) is 96.5. The fourth-order valence-electron chi connectivity index (χ4n) is 17.3. The maximum absolute atomic E-state index is 15.3. The largest absolute Gasteiger partial charge is 0.477 e. The molecule has 3 aliphatic rings. The minimum atomic E-state index is -5.93. The predicted octanol–water partition coefficient (Wildman–Crippen LogP) is 17.0. The Hall–Kier alpha value is -3.93. The van der Waals surface area contributed by atoms with Crippen LogP contribution in [0.5, 0.6) is 0 Å². The maximum Gasteiger partial charge on any atom is 0.472 e. The van der Waals surface area contributed by atoms with Gasteiger partial charge in [0.1, 0.15) is 67.0 Å². The lowest BCUT2D eigenvalue weighted by atomic mass is 9.92. The van der Waals surface area contributed by atoms with Crippen molar-refractivity contribution >= 4 is 57.3 Å². The molecular weight excluding hydrogens is 1740 g/mol. The number of rotatable bonds is 83. The topological polar surface area (TPSA) is 502 Å². The van der Waals surface area contributed by atoms with Crippen LogP contribution in [0.2, 0.25) is 0 Å². The van der Waals surface area contributed by atoms with Crippen molar-refractivity contribution in [1.82, 2.24) is 10.6 Å². The SMILES string of the molecule is CCCCCCCCCCCC(=O)OC(CCCCCCCCCCC)CC(=O)N[C@H]1[C@H](OC[C@H]2O[C@@H](OP(=O)(O)O)[C@H](NC(=O)CC(CCCCCCCCCCC)OC(=O)CCCCCCCCCCC)[C@@H](OC(=O)CC(O)CCCCCCCCC)[C@@H]2O)O[C@H](CO[C@@]2(C(=O)O)C[C@@H](O)[C@H](O)[C@@H]([C@H](O)CO)O2)[C@@H](OP(=O)(O)O)[C@@H]1OC(=O)CCCCCCCCCCC. The number of aliphatic carboxylic acids is 1. The summed E-state index contributed by atoms with van der Waals surface area (Å²) in [6.07, 6.45) is 15.7. The number of amides is 2. The van der Waals surface area contributed by atoms with Gasteiger partial charge in [0.25, 0.3) is 5.79 Å². The van der Waals surface area contributed by atoms with Crippen LogP contribution in [-0.4, -0.2) is 227 Å². The summed E-state index contributed by atoms with van der Waals surface area (Å²) in [6, 6.07) is -4.13. The fourth-order valence-corrected chi connectivity index (χ4v) is 18.4. The highest BCUT2D eigenvalue weighted by atomic mass is 31.2. The summed E-state index contributed by atoms with van der Waals surface area (Å²) in [4.78, 5) is 144. The molecule has 768 valence electrons. The molecular formula is C96H178N2O31P2. The standard InChI is InChI=1S/C96H178N2O31P2/c1-7-13-19-25-31-36-42-48-54-60-73(121-81(105)62-56-50-44-38-33-27-21-15-9-3)66-79(103)97-85-91(126-84(108)65-72(100)59-53-47-41-30-24-18-12-6)88(110)77(123-94(85)129-131(116,117)118)70-119-93-86(98-80(104)67-74(61-55-49-43-37-32-26-20-14-8-2)122-82(106)63-57-51-45-39-34-28-22-16-10-4)92(125-83(107)64-58-52-46-40-35-29-23-17-11-5)90(128-130(113,114)115)78(124-93)71-120-96(95(111)112)68-75(101)87(109)89(127-96)76(102)69-99/h72-78,85-94,99-102,109-110H,7-71H2,1-6H3,(H,97,103)(H,98,104)(H,111,112)(H2,113,114,115)(H2,116,117,118)/t72?,73?,74?,75-,76-,77-,78-,85-,86-,87+,88-,89-,90-,91-,92-,93-,94+,96+/m1/s1. The van der Waals surface area contributed by atoms with Crippen LogP contribution in [0.15, 0.2) is 0 Å². The number of phosphoric ester groups is 2. The number of aliphatic hydroxyl groups is 6. The Morgan fingerprint density at radius 2 is 0.740 bits per heavy atom. The van der Waals surface area contributed by atoms with Crippen LogP contribution in [0.3, 0.4) is 0 Å². The number of carbonyl (C=O) groups excluding carboxylic acids is 6. The van der Waals surface area contributed by atoms with Crippen molar-refractivity contribution < 1.29 is 150 Å². The van der Waals surface area contributed by atoms with E-state index in [-0.39, 0.29) is 44.9 Å². The number of carbonyl (C=O) groups is 7. The third-order valence-electron chi connectivity index (χ3n) is 25.0. The smallest absolute Gasteiger partial charge is 0.472 e. The predicted molar refractivity (Wildman–Crippen MR) is 495 cm³/mol. The minimum Gasteiger partial charge on any atom is -0.477 e. The molecule has 3 rings (SSSR count). The summed E-state index contributed by atoms with van der Waals surface area (Å²) < 4.78 is 93.1. The molecule has 3 saturated heterocycles. The first-order valence-corrected chi connectivity index (χ1v) is 54.3. The molecule has 131 heavy (non-hydrogen) atoms. The number of nitrogens with one attached hydrogen (secondary N) is 2. The van der Waals surface area contributed by atoms with E-state index in [0.717, 1.165) is 270 Å². The molecule has 0 aliphatic carbocycles. The van der Waals surface area contributed by atoms with E-state index in [1.165, 1.54) is 6.42 Å². The summed E-state index contributed by atoms with van der Waals surface area (Å²) in [6.45, 7) is 9.21. The summed E-state index contributed by atoms with van der Waals surface area (Å²) in [5.74, 6) is -10.4. The van der Waals surface area contributed by atoms with Gasteiger partial charge in [-0.3, -0.25) is 37.8 Å². The number of carboxylic acids is 1. The summed E-state index contributed by atoms with van der Waals surface area (Å²) in [5.41, 5.74) is 0. The number of ether oxygens (including phenoxy) is 9. The minimum absolute atomic E-state index is 0.0243. The van der Waals surface area contributed by atoms with Crippen LogP contribution in [-0.2, 0) is 94.4 Å². The summed E-state index contributed by atoms with van der Waals surface area (Å²) in [5, 5.41) is 83.5. The second-order valence-corrected chi connectivity index (χ2v) is 39.4. The van der Waals surface area contributed by atoms with Crippen molar-refractivity contribution in [2.45, 2.75) is 549 Å². The Balaban J connectivity index is 2.36. The molecule has 3 aliphatic heterocycles. The number of carboxylic acid groups (broad SMARTS) is 1. The lowest BCUT2D eigenvalue weighted by molar-refractivity contribution is -0.340. The molecule has 18 atom stereocenters. The Labute approximate surface area is 783 Å². The van der Waals surface area contributed by atoms with Gasteiger partial charge >= 0.3 is 45.5 Å². The molecule has 0 aromatic rings. The fraction of sp³-hybridized carbons (Fsp3) is 0.927. The van der Waals surface area contributed by atoms with E-state index in [1.807, 2.05) is 0 Å². The molecule has 0 bridgehead atoms. The number of unbranched alkanes of at least 4 members (excludes halogenated alkanes) is 46. The van der Waals surface area contributed by atoms with Gasteiger partial charge in [-0.05, 0) is 51.4 Å². The van der Waals surface area contributed by atoms with Gasteiger partial charge in [0.2, 0.25) is 11.8 Å². The Morgan fingerprint density at radius 3 is 1.11 bits per heavy atom. The molecule has 3 fully saturated rings. The normalized spacial score (nSPS) is 23.4. The first kappa shape index (κ1) is 121. The molecule has 3 unspecified atom stereocenters. The van der Waals surface area contributed by atoms with Crippen LogP contribution in [0.4, 0.5) is 0 Å². The van der Waals surface area contributed by atoms with Crippen LogP contribution >= 0.6 is 15.6 Å². The van der Waals surface area contributed by atoms with Crippen molar-refractivity contribution in [2.24, 2.45) is 0 Å². The molecule has 0 aromatic carbocycles. The lowest BCUT2D eigenvalue weighted by Gasteiger charge is -2.48. The van der Waals surface area contributed by atoms with Gasteiger partial charge in [-0.15, -0.1) is 0 Å². The third-order valence-corrected chi connectivity index (χ3v) is 26.0. The first-order chi connectivity index (χ1) is 62.9. The lowest BCUT2D eigenvalue weighted by Crippen LogP contribution is -2.68. The van der Waals surface area contributed by atoms with Crippen molar-refractivity contribution in [1.29, 1.82) is 0 Å². The van der Waals surface area contributed by atoms with Gasteiger partial charge in [0.15, 0.2) is 24.8 Å². The summed E-state index contributed by atoms with van der Waals surface area (Å²) >= 11 is 0. The quantitative estimate of drug-likeness (QED) is 0.0116. The second-order valence-electron chi connectivity index (χ2n) is 37.0. The number of aliphatic hydroxyl groups excluding tert-OH is 6. The van der Waals surface area contributed by atoms with Crippen LogP contribution < -0.4 is 10.6 Å². The molecule has 0 spiro atoms. The first-order valence-electron chi connectivity index (χ1n) is 51.2. The van der Waals surface area contributed by atoms with Gasteiger partial charge in [-0.1, -0.05) is 343 Å². The molecule has 2 amide bonds. The highest BCUT2D eigenvalue weighted by Gasteiger charge is 2.59. The highest BCUT2D eigenvalue weighted by Crippen LogP contribution is 2.45. The summed E-state index contributed by atoms with van der Waals surface area (Å²) in [7, 11) is -11.8. The average molecular weight is 1920 g/mol. The number of hydrogen-bond acceptors (Lipinski definition) is 26. The Bertz CT molecular complexity index is 3080. The van der Waals surface area contributed by atoms with Crippen molar-refractivity contribution in [2.75, 3.05) is 19.8 Å². The van der Waals surface area contributed by atoms with Gasteiger partial charge in [-0.25, -0.2) is 13.9 Å². The number of hydrogen-bond donors (Lipinski definition) is 13. The van der Waals surface area contributed by atoms with E-state index in [1.54, 1.807) is 0 Å². The number of esters is 4. The van der Waals surface area contributed by atoms with Gasteiger partial charge in [0.05, 0.1) is 51.3 Å². The van der Waals surface area contributed by atoms with E-state index in [2.05, 4.69) is 52.2 Å². The molecule has 0 radical (unpaired) electrons. The average Bonchev–Trinajstić information content (AvgIpc) is 0.767. The third kappa shape index (κ3) is 55.5. The molecule has 13 N–H and O–H groups in total. The van der Waals surface area contributed by atoms with E-state index in [9.17, 15) is 93.2 Å². The zero-order valence-corrected chi connectivity index (χ0v) is 82.5. The highest BCUT2D eigenvalue weighted by molar-refractivity contribution is 7.46. The maximum atomic E-state index is 15.3. The Kier molecular flexibility index (Phi) is 67.8. The Morgan fingerprint density at radius 1 is 0.397 bits per heavy atom. The van der Waals surface area contributed by atoms with E-state index < -0.39 is 213 Å². The number of phosphoric acid groups is 2. The van der Waals surface area contributed by atoms with Crippen molar-refractivity contribution in [3.63, 3.8) is 0 Å². The van der Waals surface area contributed by atoms with Crippen LogP contribution in [0.1, 0.15) is 440 Å². The zero-order valence-electron chi connectivity index (χ0n) is 80.8. The molecule has 0 saturated carbocycles. The van der Waals surface area contributed by atoms with E-state index >= 15 is 4.79 Å². The van der Waals surface area contributed by atoms with Crippen LogP contribution in [0, 0.1) is 0 Å². The van der Waals surface area contributed by atoms with Gasteiger partial charge < -0.3 is 109 Å². The van der Waals surface area contributed by atoms with Crippen molar-refractivity contribution in [3.8, 4) is 0 Å². The molecule has 35 heteroatoms. The van der Waals surface area contributed by atoms with Gasteiger partial charge in [0, 0.05) is 25.7 Å². The monoisotopic (exact) mass is 1920 g/mol. The second kappa shape index (κ2) is 73.3.